The molecule has 23 heavy (non-hydrogen) atoms. The molecule has 1 aliphatic carbocycles. The Morgan fingerprint density at radius 2 is 2.00 bits per heavy atom. The van der Waals surface area contributed by atoms with Gasteiger partial charge in [0.15, 0.2) is 0 Å². The first-order valence-corrected chi connectivity index (χ1v) is 8.01. The van der Waals surface area contributed by atoms with Gasteiger partial charge in [-0.05, 0) is 38.2 Å². The number of hydrogen-bond acceptors (Lipinski definition) is 3. The van der Waals surface area contributed by atoms with Gasteiger partial charge in [0.2, 0.25) is 0 Å². The van der Waals surface area contributed by atoms with Gasteiger partial charge in [-0.15, -0.1) is 0 Å². The molecule has 0 atom stereocenters. The predicted octanol–water partition coefficient (Wildman–Crippen LogP) is 2.28. The van der Waals surface area contributed by atoms with Gasteiger partial charge in [0.05, 0.1) is 16.6 Å². The number of anilines is 1. The lowest BCUT2D eigenvalue weighted by atomic mass is 10.1. The van der Waals surface area contributed by atoms with Gasteiger partial charge in [0.1, 0.15) is 5.82 Å². The van der Waals surface area contributed by atoms with E-state index in [0.717, 1.165) is 32.4 Å². The van der Waals surface area contributed by atoms with Crippen molar-refractivity contribution in [3.63, 3.8) is 0 Å². The van der Waals surface area contributed by atoms with Gasteiger partial charge in [-0.1, -0.05) is 6.92 Å². The van der Waals surface area contributed by atoms with Crippen molar-refractivity contribution in [3.8, 4) is 0 Å². The van der Waals surface area contributed by atoms with E-state index < -0.39 is 17.1 Å². The summed E-state index contributed by atoms with van der Waals surface area (Å²) in [6.07, 6.45) is 2.79. The van der Waals surface area contributed by atoms with Crippen LogP contribution in [0.15, 0.2) is 15.7 Å². The highest BCUT2D eigenvalue weighted by Gasteiger charge is 2.30. The Bertz CT molecular complexity index is 911. The smallest absolute Gasteiger partial charge is 0.329 e. The van der Waals surface area contributed by atoms with Crippen LogP contribution in [0.25, 0.3) is 10.9 Å². The predicted molar refractivity (Wildman–Crippen MR) is 87.5 cm³/mol. The van der Waals surface area contributed by atoms with Gasteiger partial charge >= 0.3 is 5.69 Å². The fourth-order valence-electron chi connectivity index (χ4n) is 3.64. The van der Waals surface area contributed by atoms with Gasteiger partial charge in [0, 0.05) is 24.7 Å². The molecule has 2 heterocycles. The van der Waals surface area contributed by atoms with E-state index in [1.807, 2.05) is 11.8 Å². The molecule has 4 rings (SSSR count). The Hall–Kier alpha value is -2.11. The maximum atomic E-state index is 14.7. The summed E-state index contributed by atoms with van der Waals surface area (Å²) in [6, 6.07) is 1.40. The number of fused-ring (bicyclic) bond motifs is 1. The molecule has 1 saturated carbocycles. The van der Waals surface area contributed by atoms with Crippen LogP contribution in [0.4, 0.5) is 10.1 Å². The van der Waals surface area contributed by atoms with Crippen molar-refractivity contribution < 1.29 is 4.39 Å². The third kappa shape index (κ3) is 2.19. The van der Waals surface area contributed by atoms with E-state index >= 15 is 0 Å². The molecule has 1 radical (unpaired) electrons. The Balaban J connectivity index is 2.04. The zero-order valence-electron chi connectivity index (χ0n) is 13.3. The van der Waals surface area contributed by atoms with Crippen molar-refractivity contribution in [1.29, 1.82) is 0 Å². The maximum absolute atomic E-state index is 14.7. The third-order valence-corrected chi connectivity index (χ3v) is 4.89. The maximum Gasteiger partial charge on any atom is 0.329 e. The summed E-state index contributed by atoms with van der Waals surface area (Å²) >= 11 is 0. The van der Waals surface area contributed by atoms with Crippen molar-refractivity contribution in [1.82, 2.24) is 9.55 Å². The molecule has 0 amide bonds. The number of H-pyrrole nitrogens is 1. The first kappa shape index (κ1) is 14.5. The van der Waals surface area contributed by atoms with E-state index in [1.54, 1.807) is 4.57 Å². The zero-order valence-corrected chi connectivity index (χ0v) is 13.3. The molecule has 121 valence electrons. The lowest BCUT2D eigenvalue weighted by Crippen LogP contribution is -2.31. The molecule has 1 aromatic heterocycles. The Morgan fingerprint density at radius 3 is 2.61 bits per heavy atom. The number of rotatable bonds is 2. The highest BCUT2D eigenvalue weighted by molar-refractivity contribution is 5.87. The van der Waals surface area contributed by atoms with Crippen LogP contribution in [0.3, 0.4) is 0 Å². The standard InChI is InChI=1S/C17H19FN3O2/c1-9-5-6-20(8-9)15-10(2)14-12(7-13(15)18)16(22)19-17(23)21(14)11-3-4-11/h7,11H,3-6,8H2,1-2H3,(H,19,22,23). The summed E-state index contributed by atoms with van der Waals surface area (Å²) < 4.78 is 16.3. The van der Waals surface area contributed by atoms with Gasteiger partial charge in [-0.2, -0.15) is 0 Å². The second-order valence-electron chi connectivity index (χ2n) is 6.72. The van der Waals surface area contributed by atoms with Crippen molar-refractivity contribution in [2.45, 2.75) is 39.2 Å². The number of halogens is 1. The number of aromatic amines is 1. The Labute approximate surface area is 132 Å². The molecule has 0 spiro atoms. The number of benzene rings is 1. The van der Waals surface area contributed by atoms with Gasteiger partial charge < -0.3 is 4.90 Å². The number of nitrogens with one attached hydrogen (secondary N) is 1. The van der Waals surface area contributed by atoms with Gasteiger partial charge in [-0.3, -0.25) is 14.3 Å². The molecule has 2 fully saturated rings. The highest BCUT2D eigenvalue weighted by atomic mass is 19.1. The summed E-state index contributed by atoms with van der Waals surface area (Å²) in [5.41, 5.74) is 0.884. The normalized spacial score (nSPS) is 19.0. The molecular weight excluding hydrogens is 297 g/mol. The van der Waals surface area contributed by atoms with E-state index in [9.17, 15) is 14.0 Å². The third-order valence-electron chi connectivity index (χ3n) is 4.89. The average Bonchev–Trinajstić information content (AvgIpc) is 3.23. The molecule has 2 aliphatic rings. The molecule has 1 saturated heterocycles. The summed E-state index contributed by atoms with van der Waals surface area (Å²) in [5.74, 6) is 0.922. The van der Waals surface area contributed by atoms with E-state index in [-0.39, 0.29) is 11.4 Å². The highest BCUT2D eigenvalue weighted by Crippen LogP contribution is 2.39. The molecule has 2 aromatic rings. The molecule has 1 N–H and O–H groups in total. The average molecular weight is 316 g/mol. The Morgan fingerprint density at radius 1 is 1.26 bits per heavy atom. The molecule has 1 aliphatic heterocycles. The van der Waals surface area contributed by atoms with Crippen LogP contribution in [-0.4, -0.2) is 22.6 Å². The summed E-state index contributed by atoms with van der Waals surface area (Å²) in [5, 5.41) is 0.259. The monoisotopic (exact) mass is 316 g/mol. The number of nitrogens with zero attached hydrogens (tertiary/aromatic N) is 2. The molecule has 5 nitrogen and oxygen atoms in total. The quantitative estimate of drug-likeness (QED) is 0.925. The second-order valence-corrected chi connectivity index (χ2v) is 6.72. The van der Waals surface area contributed by atoms with E-state index in [2.05, 4.69) is 11.9 Å². The summed E-state index contributed by atoms with van der Waals surface area (Å²) in [4.78, 5) is 28.7. The number of aromatic nitrogens is 2. The second kappa shape index (κ2) is 4.94. The number of aryl methyl sites for hydroxylation is 1. The molecule has 1 aromatic carbocycles. The van der Waals surface area contributed by atoms with Crippen molar-refractivity contribution in [2.75, 3.05) is 18.0 Å². The Kier molecular flexibility index (Phi) is 3.11. The van der Waals surface area contributed by atoms with Crippen LogP contribution in [0, 0.1) is 18.7 Å². The van der Waals surface area contributed by atoms with Crippen LogP contribution in [0.2, 0.25) is 0 Å². The fourth-order valence-corrected chi connectivity index (χ4v) is 3.64. The first-order chi connectivity index (χ1) is 11.0. The summed E-state index contributed by atoms with van der Waals surface area (Å²) in [6.45, 7) is 5.37. The van der Waals surface area contributed by atoms with Crippen LogP contribution in [-0.2, 0) is 0 Å². The van der Waals surface area contributed by atoms with Crippen LogP contribution < -0.4 is 16.1 Å². The van der Waals surface area contributed by atoms with E-state index in [0.29, 0.717) is 16.8 Å². The van der Waals surface area contributed by atoms with Crippen LogP contribution in [0.5, 0.6) is 0 Å². The fraction of sp³-hybridized carbons (Fsp3) is 0.471. The largest absolute Gasteiger partial charge is 0.368 e. The molecule has 6 heteroatoms. The SMILES string of the molecule is C[C]1CCN(c2c(F)cc3c(=O)[nH]c(=O)n(C4CC4)c3c2C)C1. The van der Waals surface area contributed by atoms with Crippen molar-refractivity contribution >= 4 is 16.6 Å². The molecule has 0 bridgehead atoms. The number of hydrogen-bond donors (Lipinski definition) is 1. The van der Waals surface area contributed by atoms with Gasteiger partial charge in [-0.25, -0.2) is 9.18 Å². The lowest BCUT2D eigenvalue weighted by molar-refractivity contribution is 0.621. The minimum absolute atomic E-state index is 0.116. The first-order valence-electron chi connectivity index (χ1n) is 8.01. The molecular formula is C17H19FN3O2. The van der Waals surface area contributed by atoms with Crippen molar-refractivity contribution in [3.05, 3.63) is 44.2 Å². The lowest BCUT2D eigenvalue weighted by Gasteiger charge is -2.23. The van der Waals surface area contributed by atoms with Crippen LogP contribution >= 0.6 is 0 Å². The zero-order chi connectivity index (χ0) is 16.3. The van der Waals surface area contributed by atoms with Gasteiger partial charge in [0.25, 0.3) is 5.56 Å². The topological polar surface area (TPSA) is 58.1 Å². The van der Waals surface area contributed by atoms with Crippen LogP contribution in [0.1, 0.15) is 37.8 Å². The molecule has 0 unspecified atom stereocenters. The summed E-state index contributed by atoms with van der Waals surface area (Å²) in [7, 11) is 0. The minimum Gasteiger partial charge on any atom is -0.368 e. The van der Waals surface area contributed by atoms with Crippen molar-refractivity contribution in [2.24, 2.45) is 0 Å². The van der Waals surface area contributed by atoms with E-state index in [1.165, 1.54) is 12.0 Å². The van der Waals surface area contributed by atoms with E-state index in [4.69, 9.17) is 0 Å². The minimum atomic E-state index is -0.514.